The second kappa shape index (κ2) is 6.91. The maximum Gasteiger partial charge on any atom is 0.0633 e. The highest BCUT2D eigenvalue weighted by Crippen LogP contribution is 2.25. The molecule has 0 spiro atoms. The average molecular weight is 258 g/mol. The molecule has 0 rings (SSSR count). The summed E-state index contributed by atoms with van der Waals surface area (Å²) in [5.74, 6) is 0. The number of hydrogen-bond acceptors (Lipinski definition) is 2. The van der Waals surface area contributed by atoms with Crippen molar-refractivity contribution in [2.45, 2.75) is 97.9 Å². The summed E-state index contributed by atoms with van der Waals surface area (Å²) in [4.78, 5) is 0. The van der Waals surface area contributed by atoms with Crippen LogP contribution in [0.2, 0.25) is 0 Å². The van der Waals surface area contributed by atoms with E-state index in [0.717, 1.165) is 19.4 Å². The van der Waals surface area contributed by atoms with Gasteiger partial charge in [-0.25, -0.2) is 0 Å². The van der Waals surface area contributed by atoms with Gasteiger partial charge in [0.15, 0.2) is 0 Å². The standard InChI is InChI=1S/C16H34O2/c1-14(2,3)17-13-11-9-10-12-16(7,8)18-15(4,5)6/h9-13H2,1-8H3. The van der Waals surface area contributed by atoms with Crippen LogP contribution in [0, 0.1) is 0 Å². The largest absolute Gasteiger partial charge is 0.376 e. The lowest BCUT2D eigenvalue weighted by atomic mass is 9.99. The molecule has 0 saturated carbocycles. The Labute approximate surface area is 114 Å². The zero-order chi connectivity index (χ0) is 14.4. The van der Waals surface area contributed by atoms with Gasteiger partial charge in [0.25, 0.3) is 0 Å². The lowest BCUT2D eigenvalue weighted by molar-refractivity contribution is -0.117. The fraction of sp³-hybridized carbons (Fsp3) is 1.00. The van der Waals surface area contributed by atoms with Crippen LogP contribution in [0.4, 0.5) is 0 Å². The Morgan fingerprint density at radius 2 is 1.22 bits per heavy atom. The van der Waals surface area contributed by atoms with E-state index in [0.29, 0.717) is 0 Å². The van der Waals surface area contributed by atoms with E-state index in [4.69, 9.17) is 9.47 Å². The van der Waals surface area contributed by atoms with Gasteiger partial charge in [-0.05, 0) is 68.2 Å². The van der Waals surface area contributed by atoms with Gasteiger partial charge in [-0.2, -0.15) is 0 Å². The molecule has 2 heteroatoms. The molecule has 0 heterocycles. The van der Waals surface area contributed by atoms with Crippen molar-refractivity contribution in [2.24, 2.45) is 0 Å². The van der Waals surface area contributed by atoms with Gasteiger partial charge < -0.3 is 9.47 Å². The van der Waals surface area contributed by atoms with Crippen LogP contribution in [0.3, 0.4) is 0 Å². The maximum atomic E-state index is 6.05. The van der Waals surface area contributed by atoms with Crippen molar-refractivity contribution in [3.05, 3.63) is 0 Å². The molecule has 0 aromatic heterocycles. The Balaban J connectivity index is 3.66. The zero-order valence-electron chi connectivity index (χ0n) is 13.9. The highest BCUT2D eigenvalue weighted by molar-refractivity contribution is 4.74. The van der Waals surface area contributed by atoms with Crippen molar-refractivity contribution < 1.29 is 9.47 Å². The van der Waals surface area contributed by atoms with Crippen LogP contribution in [0.25, 0.3) is 0 Å². The van der Waals surface area contributed by atoms with Crippen LogP contribution in [0.15, 0.2) is 0 Å². The maximum absolute atomic E-state index is 6.05. The minimum Gasteiger partial charge on any atom is -0.376 e. The first kappa shape index (κ1) is 17.9. The van der Waals surface area contributed by atoms with Gasteiger partial charge in [-0.3, -0.25) is 0 Å². The Morgan fingerprint density at radius 1 is 0.667 bits per heavy atom. The Kier molecular flexibility index (Phi) is 6.87. The number of unbranched alkanes of at least 4 members (excludes halogenated alkanes) is 2. The first-order chi connectivity index (χ1) is 7.91. The molecule has 0 unspecified atom stereocenters. The van der Waals surface area contributed by atoms with Crippen molar-refractivity contribution >= 4 is 0 Å². The van der Waals surface area contributed by atoms with E-state index in [-0.39, 0.29) is 16.8 Å². The normalized spacial score (nSPS) is 14.0. The Morgan fingerprint density at radius 3 is 1.67 bits per heavy atom. The minimum atomic E-state index is -0.0567. The monoisotopic (exact) mass is 258 g/mol. The summed E-state index contributed by atoms with van der Waals surface area (Å²) in [6, 6.07) is 0. The van der Waals surface area contributed by atoms with E-state index in [2.05, 4.69) is 55.4 Å². The SMILES string of the molecule is CC(C)(C)OCCCCCC(C)(C)OC(C)(C)C. The van der Waals surface area contributed by atoms with Gasteiger partial charge in [-0.15, -0.1) is 0 Å². The molecule has 18 heavy (non-hydrogen) atoms. The van der Waals surface area contributed by atoms with E-state index in [1.807, 2.05) is 0 Å². The summed E-state index contributed by atoms with van der Waals surface area (Å²) in [6.07, 6.45) is 4.67. The Bertz CT molecular complexity index is 218. The van der Waals surface area contributed by atoms with Gasteiger partial charge >= 0.3 is 0 Å². The molecule has 0 aliphatic heterocycles. The molecule has 0 bridgehead atoms. The number of rotatable bonds is 7. The van der Waals surface area contributed by atoms with Gasteiger partial charge in [0, 0.05) is 6.61 Å². The minimum absolute atomic E-state index is 0.00534. The second-order valence-corrected chi connectivity index (χ2v) is 7.75. The summed E-state index contributed by atoms with van der Waals surface area (Å²) in [5.41, 5.74) is -0.0867. The summed E-state index contributed by atoms with van der Waals surface area (Å²) < 4.78 is 11.8. The molecule has 0 aromatic carbocycles. The lowest BCUT2D eigenvalue weighted by Crippen LogP contribution is -2.34. The molecule has 0 N–H and O–H groups in total. The van der Waals surface area contributed by atoms with Crippen LogP contribution in [-0.4, -0.2) is 23.4 Å². The number of hydrogen-bond donors (Lipinski definition) is 0. The molecular formula is C16H34O2. The van der Waals surface area contributed by atoms with E-state index in [1.165, 1.54) is 12.8 Å². The van der Waals surface area contributed by atoms with Gasteiger partial charge in [0.05, 0.1) is 16.8 Å². The van der Waals surface area contributed by atoms with Crippen molar-refractivity contribution in [1.29, 1.82) is 0 Å². The molecule has 0 aliphatic carbocycles. The fourth-order valence-corrected chi connectivity index (χ4v) is 2.09. The van der Waals surface area contributed by atoms with Crippen LogP contribution < -0.4 is 0 Å². The third-order valence-corrected chi connectivity index (χ3v) is 2.54. The fourth-order valence-electron chi connectivity index (χ4n) is 2.09. The third kappa shape index (κ3) is 12.4. The molecule has 110 valence electrons. The van der Waals surface area contributed by atoms with Crippen LogP contribution in [0.1, 0.15) is 81.1 Å². The molecular weight excluding hydrogens is 224 g/mol. The molecule has 0 aromatic rings. The molecule has 0 atom stereocenters. The van der Waals surface area contributed by atoms with E-state index in [1.54, 1.807) is 0 Å². The van der Waals surface area contributed by atoms with E-state index >= 15 is 0 Å². The topological polar surface area (TPSA) is 18.5 Å². The molecule has 0 saturated heterocycles. The first-order valence-electron chi connectivity index (χ1n) is 7.25. The average Bonchev–Trinajstić information content (AvgIpc) is 2.04. The van der Waals surface area contributed by atoms with Crippen LogP contribution >= 0.6 is 0 Å². The smallest absolute Gasteiger partial charge is 0.0633 e. The summed E-state index contributed by atoms with van der Waals surface area (Å²) in [7, 11) is 0. The van der Waals surface area contributed by atoms with Gasteiger partial charge in [0.2, 0.25) is 0 Å². The molecule has 0 aliphatic rings. The molecule has 0 radical (unpaired) electrons. The van der Waals surface area contributed by atoms with E-state index < -0.39 is 0 Å². The summed E-state index contributed by atoms with van der Waals surface area (Å²) >= 11 is 0. The van der Waals surface area contributed by atoms with Crippen molar-refractivity contribution in [3.63, 3.8) is 0 Å². The van der Waals surface area contributed by atoms with Gasteiger partial charge in [-0.1, -0.05) is 12.8 Å². The van der Waals surface area contributed by atoms with E-state index in [9.17, 15) is 0 Å². The molecule has 2 nitrogen and oxygen atoms in total. The van der Waals surface area contributed by atoms with Crippen molar-refractivity contribution in [1.82, 2.24) is 0 Å². The Hall–Kier alpha value is -0.0800. The first-order valence-corrected chi connectivity index (χ1v) is 7.25. The summed E-state index contributed by atoms with van der Waals surface area (Å²) in [6.45, 7) is 17.9. The highest BCUT2D eigenvalue weighted by Gasteiger charge is 2.24. The van der Waals surface area contributed by atoms with Crippen molar-refractivity contribution in [2.75, 3.05) is 6.61 Å². The highest BCUT2D eigenvalue weighted by atomic mass is 16.5. The number of ether oxygens (including phenoxy) is 2. The van der Waals surface area contributed by atoms with Crippen molar-refractivity contribution in [3.8, 4) is 0 Å². The lowest BCUT2D eigenvalue weighted by Gasteiger charge is -2.34. The summed E-state index contributed by atoms with van der Waals surface area (Å²) in [5, 5.41) is 0. The van der Waals surface area contributed by atoms with Crippen LogP contribution in [0.5, 0.6) is 0 Å². The van der Waals surface area contributed by atoms with Crippen LogP contribution in [-0.2, 0) is 9.47 Å². The predicted molar refractivity (Wildman–Crippen MR) is 79.1 cm³/mol. The molecule has 0 amide bonds. The second-order valence-electron chi connectivity index (χ2n) is 7.75. The third-order valence-electron chi connectivity index (χ3n) is 2.54. The zero-order valence-corrected chi connectivity index (χ0v) is 13.9. The molecule has 0 fully saturated rings. The van der Waals surface area contributed by atoms with Gasteiger partial charge in [0.1, 0.15) is 0 Å². The predicted octanol–water partition coefficient (Wildman–Crippen LogP) is 4.96. The quantitative estimate of drug-likeness (QED) is 0.601.